The van der Waals surface area contributed by atoms with Crippen LogP contribution in [0.4, 0.5) is 0 Å². The van der Waals surface area contributed by atoms with Gasteiger partial charge in [-0.2, -0.15) is 0 Å². The average molecular weight is 273 g/mol. The molecule has 0 aliphatic heterocycles. The minimum absolute atomic E-state index is 0. The number of hydrogen-bond acceptors (Lipinski definition) is 0. The molecule has 0 saturated carbocycles. The van der Waals surface area contributed by atoms with Crippen LogP contribution in [0.15, 0.2) is 0 Å². The van der Waals surface area contributed by atoms with Gasteiger partial charge in [0.1, 0.15) is 0 Å². The third kappa shape index (κ3) is 9.04. The summed E-state index contributed by atoms with van der Waals surface area (Å²) in [4.78, 5) is 0. The second-order valence-corrected chi connectivity index (χ2v) is 0. The monoisotopic (exact) mass is 273 g/mol. The maximum absolute atomic E-state index is 0. The fourth-order valence-corrected chi connectivity index (χ4v) is 0. The van der Waals surface area contributed by atoms with E-state index >= 15 is 0 Å². The molecule has 0 aliphatic rings. The van der Waals surface area contributed by atoms with Crippen LogP contribution in [0.1, 0.15) is 0 Å². The number of rotatable bonds is 0. The molecule has 0 aromatic rings. The van der Waals surface area contributed by atoms with Gasteiger partial charge in [0, 0.05) is 35.6 Å². The second-order valence-electron chi connectivity index (χ2n) is 0. The van der Waals surface area contributed by atoms with E-state index in [0.29, 0.717) is 0 Å². The molecule has 0 aromatic carbocycles. The first kappa shape index (κ1) is 26.2. The normalized spacial score (nSPS) is 0. The van der Waals surface area contributed by atoms with Crippen LogP contribution in [0.5, 0.6) is 0 Å². The van der Waals surface area contributed by atoms with Gasteiger partial charge in [-0.25, -0.2) is 0 Å². The Morgan fingerprint density at radius 3 is 1.00 bits per heavy atom. The van der Waals surface area contributed by atoms with Crippen molar-refractivity contribution in [3.8, 4) is 0 Å². The van der Waals surface area contributed by atoms with E-state index in [1.54, 1.807) is 0 Å². The first-order valence-corrected chi connectivity index (χ1v) is 0. The molecule has 0 aromatic heterocycles. The Hall–Kier alpha value is 3.40. The molecule has 19 valence electrons. The molecule has 4 heteroatoms. The van der Waals surface area contributed by atoms with E-state index in [9.17, 15) is 0 Å². The first-order valence-electron chi connectivity index (χ1n) is 0. The SMILES string of the molecule is O.[La].[MgH2].[SrH2]. The summed E-state index contributed by atoms with van der Waals surface area (Å²) in [6.07, 6.45) is 0. The zero-order valence-electron chi connectivity index (χ0n) is 1.08. The summed E-state index contributed by atoms with van der Waals surface area (Å²) in [6, 6.07) is 0. The summed E-state index contributed by atoms with van der Waals surface area (Å²) in [5.74, 6) is 0. The molecule has 0 amide bonds. The third-order valence-electron chi connectivity index (χ3n) is 0. The Morgan fingerprint density at radius 2 is 1.00 bits per heavy atom. The van der Waals surface area contributed by atoms with Crippen LogP contribution in [0.25, 0.3) is 0 Å². The van der Waals surface area contributed by atoms with E-state index in [1.807, 2.05) is 0 Å². The van der Waals surface area contributed by atoms with Gasteiger partial charge in [0.2, 0.25) is 0 Å². The Kier molecular flexibility index (Phi) is 106. The molecule has 0 unspecified atom stereocenters. The topological polar surface area (TPSA) is 31.5 Å². The van der Waals surface area contributed by atoms with Crippen molar-refractivity contribution in [3.63, 3.8) is 0 Å². The molecule has 1 radical (unpaired) electrons. The van der Waals surface area contributed by atoms with Crippen molar-refractivity contribution >= 4 is 68.5 Å². The standard InChI is InChI=1S/La.Mg.H2O.Sr.4H/h;;1H2;;;;;. The van der Waals surface area contributed by atoms with E-state index in [0.717, 1.165) is 0 Å². The summed E-state index contributed by atoms with van der Waals surface area (Å²) in [7, 11) is 0. The van der Waals surface area contributed by atoms with Gasteiger partial charge >= 0.3 is 68.5 Å². The number of hydrogen-bond donors (Lipinski definition) is 0. The van der Waals surface area contributed by atoms with E-state index in [4.69, 9.17) is 0 Å². The van der Waals surface area contributed by atoms with Crippen LogP contribution in [0, 0.1) is 35.6 Å². The van der Waals surface area contributed by atoms with Gasteiger partial charge in [0.05, 0.1) is 0 Å². The van der Waals surface area contributed by atoms with Crippen molar-refractivity contribution in [2.45, 2.75) is 0 Å². The summed E-state index contributed by atoms with van der Waals surface area (Å²) >= 11 is 0. The predicted molar refractivity (Wildman–Crippen MR) is 20.7 cm³/mol. The fraction of sp³-hybridized carbons (Fsp3) is 0. The zero-order valence-corrected chi connectivity index (χ0v) is 4.70. The minimum atomic E-state index is 0. The molecule has 0 bridgehead atoms. The van der Waals surface area contributed by atoms with E-state index in [1.165, 1.54) is 0 Å². The summed E-state index contributed by atoms with van der Waals surface area (Å²) in [6.45, 7) is 0. The van der Waals surface area contributed by atoms with E-state index < -0.39 is 0 Å². The van der Waals surface area contributed by atoms with Crippen molar-refractivity contribution in [2.24, 2.45) is 0 Å². The van der Waals surface area contributed by atoms with Gasteiger partial charge < -0.3 is 5.48 Å². The van der Waals surface area contributed by atoms with Gasteiger partial charge in [-0.05, 0) is 0 Å². The fourth-order valence-electron chi connectivity index (χ4n) is 0. The molecule has 0 saturated heterocycles. The third-order valence-corrected chi connectivity index (χ3v) is 0. The Labute approximate surface area is 107 Å². The van der Waals surface area contributed by atoms with Crippen LogP contribution < -0.4 is 0 Å². The molecule has 2 N–H and O–H groups in total. The Morgan fingerprint density at radius 1 is 1.00 bits per heavy atom. The van der Waals surface area contributed by atoms with Crippen molar-refractivity contribution < 1.29 is 41.1 Å². The molecule has 0 aliphatic carbocycles. The van der Waals surface area contributed by atoms with E-state index in [2.05, 4.69) is 0 Å². The van der Waals surface area contributed by atoms with Gasteiger partial charge in [-0.1, -0.05) is 0 Å². The van der Waals surface area contributed by atoms with Crippen molar-refractivity contribution in [3.05, 3.63) is 0 Å². The molecule has 0 heterocycles. The van der Waals surface area contributed by atoms with Crippen molar-refractivity contribution in [1.29, 1.82) is 0 Å². The maximum atomic E-state index is 0. The molecule has 1 nitrogen and oxygen atoms in total. The molecular formula is H6LaMgOSr. The zero-order chi connectivity index (χ0) is 0. The van der Waals surface area contributed by atoms with Crippen molar-refractivity contribution in [2.75, 3.05) is 0 Å². The Bertz CT molecular complexity index is 8.00. The Balaban J connectivity index is 0. The molecule has 0 atom stereocenters. The average Bonchev–Trinajstić information content (AvgIpc) is 0. The predicted octanol–water partition coefficient (Wildman–Crippen LogP) is -2.66. The quantitative estimate of drug-likeness (QED) is 0.432. The van der Waals surface area contributed by atoms with Gasteiger partial charge in [0.15, 0.2) is 0 Å². The van der Waals surface area contributed by atoms with Crippen LogP contribution in [-0.4, -0.2) is 74.0 Å². The first-order chi connectivity index (χ1) is 0. The summed E-state index contributed by atoms with van der Waals surface area (Å²) in [5, 5.41) is 0. The van der Waals surface area contributed by atoms with Gasteiger partial charge in [-0.3, -0.25) is 0 Å². The molecule has 4 heavy (non-hydrogen) atoms. The molecular weight excluding hydrogens is 267 g/mol. The van der Waals surface area contributed by atoms with Crippen LogP contribution >= 0.6 is 0 Å². The van der Waals surface area contributed by atoms with Gasteiger partial charge in [0.25, 0.3) is 0 Å². The van der Waals surface area contributed by atoms with E-state index in [-0.39, 0.29) is 110 Å². The van der Waals surface area contributed by atoms with Gasteiger partial charge in [-0.15, -0.1) is 0 Å². The molecule has 0 rings (SSSR count). The molecule has 0 fully saturated rings. The summed E-state index contributed by atoms with van der Waals surface area (Å²) in [5.41, 5.74) is 0. The van der Waals surface area contributed by atoms with Crippen LogP contribution in [-0.2, 0) is 0 Å². The van der Waals surface area contributed by atoms with Crippen LogP contribution in [0.3, 0.4) is 0 Å². The summed E-state index contributed by atoms with van der Waals surface area (Å²) < 4.78 is 0. The van der Waals surface area contributed by atoms with Crippen LogP contribution in [0.2, 0.25) is 0 Å². The molecule has 0 spiro atoms. The van der Waals surface area contributed by atoms with Crippen molar-refractivity contribution in [1.82, 2.24) is 0 Å². The second kappa shape index (κ2) is 16.1.